The van der Waals surface area contributed by atoms with Crippen molar-refractivity contribution in [3.63, 3.8) is 0 Å². The molecule has 4 N–H and O–H groups in total. The van der Waals surface area contributed by atoms with Gasteiger partial charge in [0, 0.05) is 28.3 Å². The molecule has 9 heteroatoms. The molecule has 1 aromatic heterocycles. The van der Waals surface area contributed by atoms with Crippen LogP contribution in [0.15, 0.2) is 71.3 Å². The van der Waals surface area contributed by atoms with Gasteiger partial charge < -0.3 is 21.1 Å². The van der Waals surface area contributed by atoms with E-state index in [2.05, 4.69) is 15.9 Å². The maximum Gasteiger partial charge on any atom is 0.250 e. The Labute approximate surface area is 216 Å². The summed E-state index contributed by atoms with van der Waals surface area (Å²) < 4.78 is 23.2. The van der Waals surface area contributed by atoms with E-state index in [1.165, 1.54) is 12.1 Å². The lowest BCUT2D eigenvalue weighted by molar-refractivity contribution is -0.128. The number of amides is 1. The summed E-state index contributed by atoms with van der Waals surface area (Å²) in [6.45, 7) is 2.21. The average molecular weight is 550 g/mol. The molecule has 0 saturated carbocycles. The lowest BCUT2D eigenvalue weighted by atomic mass is 10.0. The van der Waals surface area contributed by atoms with Crippen molar-refractivity contribution < 1.29 is 13.9 Å². The molecule has 7 nitrogen and oxygen atoms in total. The van der Waals surface area contributed by atoms with Gasteiger partial charge in [-0.15, -0.1) is 0 Å². The van der Waals surface area contributed by atoms with Gasteiger partial charge in [0.1, 0.15) is 18.1 Å². The predicted molar refractivity (Wildman–Crippen MR) is 141 cm³/mol. The van der Waals surface area contributed by atoms with Crippen LogP contribution in [-0.2, 0) is 16.0 Å². The quantitative estimate of drug-likeness (QED) is 0.329. The van der Waals surface area contributed by atoms with E-state index in [-0.39, 0.29) is 31.2 Å². The van der Waals surface area contributed by atoms with E-state index in [1.807, 2.05) is 61.7 Å². The van der Waals surface area contributed by atoms with Crippen LogP contribution in [0.2, 0.25) is 0 Å². The first kappa shape index (κ1) is 24.0. The third-order valence-electron chi connectivity index (χ3n) is 6.27. The number of carbonyl (C=O) groups excluding carboxylic acids is 1. The number of aryl methyl sites for hydroxylation is 1. The van der Waals surface area contributed by atoms with E-state index >= 15 is 0 Å². The van der Waals surface area contributed by atoms with Gasteiger partial charge in [-0.3, -0.25) is 4.79 Å². The highest BCUT2D eigenvalue weighted by Crippen LogP contribution is 2.36. The molecule has 184 valence electrons. The van der Waals surface area contributed by atoms with Crippen LogP contribution in [0.1, 0.15) is 22.9 Å². The first-order chi connectivity index (χ1) is 17.3. The lowest BCUT2D eigenvalue weighted by Crippen LogP contribution is -2.31. The molecule has 1 aliphatic heterocycles. The number of nitrogen functional groups attached to an aromatic ring is 2. The van der Waals surface area contributed by atoms with Gasteiger partial charge in [-0.05, 0) is 55.3 Å². The minimum atomic E-state index is -0.660. The number of nitrogens with zero attached hydrogens (tertiary/aromatic N) is 3. The summed E-state index contributed by atoms with van der Waals surface area (Å²) in [6.07, 6.45) is 1.49. The molecule has 1 amide bonds. The fraction of sp³-hybridized carbons (Fsp3) is 0.185. The molecule has 36 heavy (non-hydrogen) atoms. The molecule has 0 aliphatic carbocycles. The first-order valence-corrected chi connectivity index (χ1v) is 12.3. The second kappa shape index (κ2) is 9.75. The third kappa shape index (κ3) is 4.72. The molecule has 2 heterocycles. The van der Waals surface area contributed by atoms with Gasteiger partial charge >= 0.3 is 0 Å². The number of benzene rings is 3. The molecule has 1 aliphatic rings. The summed E-state index contributed by atoms with van der Waals surface area (Å²) in [7, 11) is 0. The van der Waals surface area contributed by atoms with Crippen molar-refractivity contribution >= 4 is 33.2 Å². The normalized spacial score (nSPS) is 15.6. The molecular formula is C27H25BrFN5O2. The number of halogens is 2. The van der Waals surface area contributed by atoms with E-state index in [4.69, 9.17) is 21.3 Å². The van der Waals surface area contributed by atoms with Crippen molar-refractivity contribution in [3.05, 3.63) is 93.8 Å². The Morgan fingerprint density at radius 3 is 2.50 bits per heavy atom. The monoisotopic (exact) mass is 549 g/mol. The van der Waals surface area contributed by atoms with Crippen LogP contribution in [-0.4, -0.2) is 33.7 Å². The van der Waals surface area contributed by atoms with Crippen LogP contribution in [0.3, 0.4) is 0 Å². The van der Waals surface area contributed by atoms with E-state index < -0.39 is 12.0 Å². The molecular weight excluding hydrogens is 525 g/mol. The molecule has 1 saturated heterocycles. The van der Waals surface area contributed by atoms with Crippen molar-refractivity contribution in [2.75, 3.05) is 24.6 Å². The van der Waals surface area contributed by atoms with Gasteiger partial charge in [-0.25, -0.2) is 9.07 Å². The zero-order valence-corrected chi connectivity index (χ0v) is 21.2. The summed E-state index contributed by atoms with van der Waals surface area (Å²) in [5, 5.41) is 4.86. The van der Waals surface area contributed by atoms with Crippen LogP contribution in [0.5, 0.6) is 0 Å². The van der Waals surface area contributed by atoms with Gasteiger partial charge in [0.05, 0.1) is 17.1 Å². The van der Waals surface area contributed by atoms with Gasteiger partial charge in [-0.2, -0.15) is 5.10 Å². The molecule has 0 spiro atoms. The van der Waals surface area contributed by atoms with Crippen molar-refractivity contribution in [1.29, 1.82) is 0 Å². The van der Waals surface area contributed by atoms with Crippen molar-refractivity contribution in [3.8, 4) is 16.9 Å². The number of nitrogens with two attached hydrogens (primary N) is 2. The minimum Gasteiger partial charge on any atom is -0.397 e. The second-order valence-electron chi connectivity index (χ2n) is 8.79. The summed E-state index contributed by atoms with van der Waals surface area (Å²) >= 11 is 3.46. The Morgan fingerprint density at radius 2 is 1.78 bits per heavy atom. The summed E-state index contributed by atoms with van der Waals surface area (Å²) in [4.78, 5) is 14.4. The van der Waals surface area contributed by atoms with E-state index in [9.17, 15) is 9.18 Å². The minimum absolute atomic E-state index is 0.0617. The number of rotatable bonds is 6. The topological polar surface area (TPSA) is 99.4 Å². The Hall–Kier alpha value is -3.69. The van der Waals surface area contributed by atoms with Gasteiger partial charge in [0.15, 0.2) is 6.23 Å². The summed E-state index contributed by atoms with van der Waals surface area (Å²) in [5.41, 5.74) is 16.8. The number of carbonyl (C=O) groups is 1. The van der Waals surface area contributed by atoms with Crippen LogP contribution in [0.25, 0.3) is 16.9 Å². The highest BCUT2D eigenvalue weighted by molar-refractivity contribution is 9.10. The first-order valence-electron chi connectivity index (χ1n) is 11.5. The molecule has 0 radical (unpaired) electrons. The molecule has 1 unspecified atom stereocenters. The number of hydrogen-bond acceptors (Lipinski definition) is 5. The number of hydrogen-bond donors (Lipinski definition) is 2. The summed E-state index contributed by atoms with van der Waals surface area (Å²) in [6, 6.07) is 18.6. The van der Waals surface area contributed by atoms with Crippen molar-refractivity contribution in [1.82, 2.24) is 14.7 Å². The summed E-state index contributed by atoms with van der Waals surface area (Å²) in [5.74, 6) is -0.621. The van der Waals surface area contributed by atoms with Crippen LogP contribution in [0.4, 0.5) is 15.8 Å². The van der Waals surface area contributed by atoms with E-state index in [0.717, 1.165) is 26.9 Å². The van der Waals surface area contributed by atoms with Gasteiger partial charge in [-0.1, -0.05) is 45.8 Å². The lowest BCUT2D eigenvalue weighted by Gasteiger charge is -2.23. The van der Waals surface area contributed by atoms with Crippen molar-refractivity contribution in [2.45, 2.75) is 19.6 Å². The maximum absolute atomic E-state index is 14.5. The van der Waals surface area contributed by atoms with Gasteiger partial charge in [0.25, 0.3) is 5.91 Å². The van der Waals surface area contributed by atoms with Crippen LogP contribution < -0.4 is 11.5 Å². The number of ether oxygens (including phenoxy) is 1. The molecule has 3 aromatic carbocycles. The average Bonchev–Trinajstić information content (AvgIpc) is 3.45. The highest BCUT2D eigenvalue weighted by Gasteiger charge is 2.36. The fourth-order valence-electron chi connectivity index (χ4n) is 4.27. The van der Waals surface area contributed by atoms with E-state index in [1.54, 1.807) is 9.58 Å². The SMILES string of the molecule is Cc1ccc(-c2nn(-c3ccc(Br)cc3)cc2C2OCC(=O)N2CCc2cc(N)c(N)cc2F)cc1. The number of anilines is 2. The smallest absolute Gasteiger partial charge is 0.250 e. The molecule has 1 atom stereocenters. The van der Waals surface area contributed by atoms with Crippen LogP contribution >= 0.6 is 15.9 Å². The standard InChI is InChI=1S/C27H25BrFN5O2/c1-16-2-4-17(5-3-16)26-21(14-34(32-26)20-8-6-19(28)7-9-20)27-33(25(35)15-36-27)11-10-18-12-23(30)24(31)13-22(18)29/h2-9,12-14,27H,10-11,15,30-31H2,1H3. The number of aromatic nitrogens is 2. The highest BCUT2D eigenvalue weighted by atomic mass is 79.9. The molecule has 0 bridgehead atoms. The van der Waals surface area contributed by atoms with E-state index in [0.29, 0.717) is 16.9 Å². The van der Waals surface area contributed by atoms with Crippen LogP contribution in [0, 0.1) is 12.7 Å². The Kier molecular flexibility index (Phi) is 6.51. The Bertz CT molecular complexity index is 1420. The fourth-order valence-corrected chi connectivity index (χ4v) is 4.53. The Balaban J connectivity index is 1.51. The molecule has 4 aromatic rings. The zero-order valence-electron chi connectivity index (χ0n) is 19.6. The maximum atomic E-state index is 14.5. The molecule has 1 fully saturated rings. The Morgan fingerprint density at radius 1 is 1.08 bits per heavy atom. The predicted octanol–water partition coefficient (Wildman–Crippen LogP) is 5.01. The zero-order chi connectivity index (χ0) is 25.4. The largest absolute Gasteiger partial charge is 0.397 e. The van der Waals surface area contributed by atoms with Crippen molar-refractivity contribution in [2.24, 2.45) is 0 Å². The third-order valence-corrected chi connectivity index (χ3v) is 6.80. The molecule has 5 rings (SSSR count). The second-order valence-corrected chi connectivity index (χ2v) is 9.71. The van der Waals surface area contributed by atoms with Gasteiger partial charge in [0.2, 0.25) is 0 Å².